The summed E-state index contributed by atoms with van der Waals surface area (Å²) in [7, 11) is -1.60. The minimum Gasteiger partial charge on any atom is -0.480 e. The molecule has 1 atom stereocenters. The largest absolute Gasteiger partial charge is 0.480 e. The van der Waals surface area contributed by atoms with Gasteiger partial charge in [0.25, 0.3) is 0 Å². The number of aliphatic carboxylic acids is 1. The highest BCUT2D eigenvalue weighted by molar-refractivity contribution is 6.75. The Balaban J connectivity index is 2.40. The van der Waals surface area contributed by atoms with Gasteiger partial charge in [-0.25, -0.2) is 0 Å². The van der Waals surface area contributed by atoms with Gasteiger partial charge in [-0.3, -0.25) is 4.79 Å². The Kier molecular flexibility index (Phi) is 4.95. The zero-order valence-electron chi connectivity index (χ0n) is 10.5. The SMILES string of the molecule is C[C@H](N[Si](C)(C)CC1CCOCC1)C(=O)O. The molecule has 16 heavy (non-hydrogen) atoms. The van der Waals surface area contributed by atoms with Crippen molar-refractivity contribution in [3.05, 3.63) is 0 Å². The molecule has 2 N–H and O–H groups in total. The highest BCUT2D eigenvalue weighted by Gasteiger charge is 2.29. The molecule has 0 saturated carbocycles. The summed E-state index contributed by atoms with van der Waals surface area (Å²) in [5.74, 6) is -0.0449. The average Bonchev–Trinajstić information content (AvgIpc) is 2.17. The zero-order chi connectivity index (χ0) is 12.2. The van der Waals surface area contributed by atoms with Crippen molar-refractivity contribution in [2.24, 2.45) is 5.92 Å². The molecule has 4 nitrogen and oxygen atoms in total. The van der Waals surface area contributed by atoms with E-state index in [1.807, 2.05) is 0 Å². The normalized spacial score (nSPS) is 20.7. The molecule has 0 aromatic carbocycles. The number of ether oxygens (including phenoxy) is 1. The lowest BCUT2D eigenvalue weighted by atomic mass is 10.0. The van der Waals surface area contributed by atoms with Gasteiger partial charge in [0.05, 0.1) is 6.04 Å². The highest BCUT2D eigenvalue weighted by Crippen LogP contribution is 2.24. The van der Waals surface area contributed by atoms with Crippen molar-refractivity contribution in [1.82, 2.24) is 4.98 Å². The van der Waals surface area contributed by atoms with Crippen molar-refractivity contribution >= 4 is 14.2 Å². The van der Waals surface area contributed by atoms with E-state index < -0.39 is 20.2 Å². The van der Waals surface area contributed by atoms with Crippen LogP contribution in [0.25, 0.3) is 0 Å². The summed E-state index contributed by atoms with van der Waals surface area (Å²) >= 11 is 0. The second-order valence-corrected chi connectivity index (χ2v) is 9.81. The number of carboxylic acids is 1. The maximum atomic E-state index is 10.8. The third-order valence-corrected chi connectivity index (χ3v) is 5.93. The van der Waals surface area contributed by atoms with Crippen molar-refractivity contribution in [1.29, 1.82) is 0 Å². The topological polar surface area (TPSA) is 58.6 Å². The van der Waals surface area contributed by atoms with Gasteiger partial charge in [-0.2, -0.15) is 0 Å². The summed E-state index contributed by atoms with van der Waals surface area (Å²) in [6.07, 6.45) is 2.25. The van der Waals surface area contributed by atoms with Gasteiger partial charge in [-0.15, -0.1) is 0 Å². The van der Waals surface area contributed by atoms with Crippen LogP contribution in [0.15, 0.2) is 0 Å². The van der Waals surface area contributed by atoms with Crippen LogP contribution in [-0.4, -0.2) is 38.6 Å². The molecule has 0 bridgehead atoms. The third-order valence-electron chi connectivity index (χ3n) is 3.12. The third kappa shape index (κ3) is 4.63. The van der Waals surface area contributed by atoms with Crippen LogP contribution in [0.3, 0.4) is 0 Å². The molecule has 0 aromatic rings. The lowest BCUT2D eigenvalue weighted by molar-refractivity contribution is -0.138. The molecule has 1 heterocycles. The van der Waals surface area contributed by atoms with E-state index in [4.69, 9.17) is 9.84 Å². The molecule has 0 unspecified atom stereocenters. The summed E-state index contributed by atoms with van der Waals surface area (Å²) in [4.78, 5) is 14.1. The van der Waals surface area contributed by atoms with Gasteiger partial charge >= 0.3 is 5.97 Å². The fourth-order valence-electron chi connectivity index (χ4n) is 2.38. The number of carboxylic acid groups (broad SMARTS) is 1. The van der Waals surface area contributed by atoms with Crippen LogP contribution in [0.1, 0.15) is 19.8 Å². The van der Waals surface area contributed by atoms with E-state index in [-0.39, 0.29) is 0 Å². The van der Waals surface area contributed by atoms with Crippen molar-refractivity contribution in [3.63, 3.8) is 0 Å². The quantitative estimate of drug-likeness (QED) is 0.724. The molecule has 1 aliphatic rings. The molecular weight excluding hydrogens is 222 g/mol. The van der Waals surface area contributed by atoms with E-state index in [0.29, 0.717) is 5.92 Å². The Hall–Kier alpha value is -0.393. The Morgan fingerprint density at radius 3 is 2.56 bits per heavy atom. The van der Waals surface area contributed by atoms with Crippen LogP contribution in [0.5, 0.6) is 0 Å². The molecule has 0 spiro atoms. The molecule has 0 aromatic heterocycles. The first-order chi connectivity index (χ1) is 7.41. The van der Waals surface area contributed by atoms with Crippen LogP contribution in [0, 0.1) is 5.92 Å². The number of rotatable bonds is 5. The fraction of sp³-hybridized carbons (Fsp3) is 0.909. The molecule has 0 aliphatic carbocycles. The molecule has 1 aliphatic heterocycles. The first kappa shape index (κ1) is 13.7. The van der Waals surface area contributed by atoms with Gasteiger partial charge in [-0.05, 0) is 31.7 Å². The number of carbonyl (C=O) groups is 1. The van der Waals surface area contributed by atoms with Gasteiger partial charge in [0.15, 0.2) is 0 Å². The van der Waals surface area contributed by atoms with E-state index >= 15 is 0 Å². The van der Waals surface area contributed by atoms with Crippen molar-refractivity contribution in [2.75, 3.05) is 13.2 Å². The molecule has 0 amide bonds. The number of hydrogen-bond donors (Lipinski definition) is 2. The Bertz CT molecular complexity index is 239. The summed E-state index contributed by atoms with van der Waals surface area (Å²) < 4.78 is 5.33. The minimum absolute atomic E-state index is 0.429. The smallest absolute Gasteiger partial charge is 0.319 e. The van der Waals surface area contributed by atoms with Gasteiger partial charge in [0.2, 0.25) is 0 Å². The molecule has 1 rings (SSSR count). The second kappa shape index (κ2) is 5.79. The van der Waals surface area contributed by atoms with Gasteiger partial charge in [0, 0.05) is 13.2 Å². The maximum Gasteiger partial charge on any atom is 0.319 e. The van der Waals surface area contributed by atoms with Crippen molar-refractivity contribution in [3.8, 4) is 0 Å². The van der Waals surface area contributed by atoms with Crippen LogP contribution in [0.4, 0.5) is 0 Å². The second-order valence-electron chi connectivity index (χ2n) is 5.35. The van der Waals surface area contributed by atoms with Crippen LogP contribution in [-0.2, 0) is 9.53 Å². The first-order valence-electron chi connectivity index (χ1n) is 5.99. The van der Waals surface area contributed by atoms with Gasteiger partial charge in [0.1, 0.15) is 8.24 Å². The van der Waals surface area contributed by atoms with Crippen LogP contribution in [0.2, 0.25) is 19.1 Å². The predicted molar refractivity (Wildman–Crippen MR) is 66.1 cm³/mol. The van der Waals surface area contributed by atoms with Gasteiger partial charge in [-0.1, -0.05) is 13.1 Å². The van der Waals surface area contributed by atoms with E-state index in [2.05, 4.69) is 18.1 Å². The average molecular weight is 245 g/mol. The number of nitrogens with one attached hydrogen (secondary N) is 1. The molecule has 1 saturated heterocycles. The standard InChI is InChI=1S/C11H23NO3Si/c1-9(11(13)14)12-16(2,3)8-10-4-6-15-7-5-10/h9-10,12H,4-8H2,1-3H3,(H,13,14)/t9-/m0/s1. The van der Waals surface area contributed by atoms with E-state index in [0.717, 1.165) is 32.1 Å². The zero-order valence-corrected chi connectivity index (χ0v) is 11.5. The summed E-state index contributed by atoms with van der Waals surface area (Å²) in [5, 5.41) is 8.89. The molecule has 5 heteroatoms. The molecule has 1 fully saturated rings. The fourth-order valence-corrected chi connectivity index (χ4v) is 5.64. The Labute approximate surface area is 98.5 Å². The lowest BCUT2D eigenvalue weighted by Crippen LogP contribution is -2.53. The molecule has 94 valence electrons. The van der Waals surface area contributed by atoms with E-state index in [1.165, 1.54) is 0 Å². The monoisotopic (exact) mass is 245 g/mol. The lowest BCUT2D eigenvalue weighted by Gasteiger charge is -2.32. The van der Waals surface area contributed by atoms with Crippen LogP contribution >= 0.6 is 0 Å². The molecular formula is C11H23NO3Si. The van der Waals surface area contributed by atoms with E-state index in [9.17, 15) is 4.79 Å². The van der Waals surface area contributed by atoms with Gasteiger partial charge < -0.3 is 14.8 Å². The van der Waals surface area contributed by atoms with Crippen molar-refractivity contribution < 1.29 is 14.6 Å². The van der Waals surface area contributed by atoms with Crippen molar-refractivity contribution in [2.45, 2.75) is 44.9 Å². The molecule has 0 radical (unpaired) electrons. The summed E-state index contributed by atoms with van der Waals surface area (Å²) in [6, 6.07) is 0.718. The Morgan fingerprint density at radius 1 is 1.50 bits per heavy atom. The Morgan fingerprint density at radius 2 is 2.06 bits per heavy atom. The van der Waals surface area contributed by atoms with E-state index in [1.54, 1.807) is 6.92 Å². The van der Waals surface area contributed by atoms with Crippen LogP contribution < -0.4 is 4.98 Å². The summed E-state index contributed by atoms with van der Waals surface area (Å²) in [6.45, 7) is 7.87. The predicted octanol–water partition coefficient (Wildman–Crippen LogP) is 1.68. The highest BCUT2D eigenvalue weighted by atomic mass is 28.3. The summed E-state index contributed by atoms with van der Waals surface area (Å²) in [5.41, 5.74) is 0. The minimum atomic E-state index is -1.60. The maximum absolute atomic E-state index is 10.8. The first-order valence-corrected chi connectivity index (χ1v) is 9.20. The number of hydrogen-bond acceptors (Lipinski definition) is 3.